The number of tetrazole rings is 1. The van der Waals surface area contributed by atoms with E-state index in [2.05, 4.69) is 30.9 Å². The van der Waals surface area contributed by atoms with Gasteiger partial charge in [-0.2, -0.15) is 4.80 Å². The van der Waals surface area contributed by atoms with Crippen molar-refractivity contribution >= 4 is 29.1 Å². The number of likely N-dealkylation sites (tertiary alicyclic amines) is 1. The summed E-state index contributed by atoms with van der Waals surface area (Å²) in [5.74, 6) is 0.245. The fourth-order valence-corrected chi connectivity index (χ4v) is 3.71. The van der Waals surface area contributed by atoms with Gasteiger partial charge in [0.05, 0.1) is 6.54 Å². The molecule has 1 saturated heterocycles. The number of halogens is 1. The summed E-state index contributed by atoms with van der Waals surface area (Å²) in [5.41, 5.74) is 1.57. The maximum atomic E-state index is 12.4. The van der Waals surface area contributed by atoms with Crippen LogP contribution >= 0.6 is 11.6 Å². The molecule has 0 saturated carbocycles. The normalized spacial score (nSPS) is 14.8. The van der Waals surface area contributed by atoms with Gasteiger partial charge in [-0.3, -0.25) is 14.5 Å². The van der Waals surface area contributed by atoms with E-state index in [-0.39, 0.29) is 24.4 Å². The van der Waals surface area contributed by atoms with Crippen molar-refractivity contribution in [2.75, 3.05) is 25.0 Å². The summed E-state index contributed by atoms with van der Waals surface area (Å²) in [6.07, 6.45) is 1.57. The van der Waals surface area contributed by atoms with Gasteiger partial charge in [0, 0.05) is 35.4 Å². The molecule has 4 rings (SSSR count). The van der Waals surface area contributed by atoms with Gasteiger partial charge in [0.2, 0.25) is 17.6 Å². The molecule has 32 heavy (non-hydrogen) atoms. The largest absolute Gasteiger partial charge is 0.352 e. The van der Waals surface area contributed by atoms with Crippen molar-refractivity contribution in [3.05, 3.63) is 59.6 Å². The quantitative estimate of drug-likeness (QED) is 0.568. The first-order chi connectivity index (χ1) is 15.5. The third kappa shape index (κ3) is 6.12. The van der Waals surface area contributed by atoms with Crippen molar-refractivity contribution in [2.45, 2.75) is 25.4 Å². The molecule has 0 spiro atoms. The number of rotatable bonds is 7. The number of carbonyl (C=O) groups is 2. The van der Waals surface area contributed by atoms with Crippen LogP contribution in [0.2, 0.25) is 5.02 Å². The molecule has 10 heteroatoms. The van der Waals surface area contributed by atoms with E-state index in [4.69, 9.17) is 11.6 Å². The van der Waals surface area contributed by atoms with Crippen molar-refractivity contribution in [1.29, 1.82) is 0 Å². The Balaban J connectivity index is 1.19. The standard InChI is InChI=1S/C22H24ClN7O2/c23-17-8-6-16(7-9-17)22-26-28-30(27-22)15-21(32)25-19-10-12-29(13-11-19)14-20(31)24-18-4-2-1-3-5-18/h1-9,19H,10-15H2,(H,24,31)(H,25,32). The van der Waals surface area contributed by atoms with Gasteiger partial charge < -0.3 is 10.6 Å². The van der Waals surface area contributed by atoms with E-state index in [1.54, 1.807) is 24.3 Å². The van der Waals surface area contributed by atoms with Crippen LogP contribution in [-0.2, 0) is 16.1 Å². The summed E-state index contributed by atoms with van der Waals surface area (Å²) in [6, 6.07) is 16.6. The maximum absolute atomic E-state index is 12.4. The zero-order valence-corrected chi connectivity index (χ0v) is 18.2. The molecule has 0 atom stereocenters. The third-order valence-corrected chi connectivity index (χ3v) is 5.47. The fourth-order valence-electron chi connectivity index (χ4n) is 3.59. The molecule has 1 aliphatic rings. The second-order valence-corrected chi connectivity index (χ2v) is 8.12. The number of benzene rings is 2. The molecule has 0 aliphatic carbocycles. The molecule has 1 aromatic heterocycles. The monoisotopic (exact) mass is 453 g/mol. The Morgan fingerprint density at radius 1 is 0.969 bits per heavy atom. The minimum Gasteiger partial charge on any atom is -0.352 e. The molecule has 2 N–H and O–H groups in total. The predicted octanol–water partition coefficient (Wildman–Crippen LogP) is 2.21. The van der Waals surface area contributed by atoms with Gasteiger partial charge in [-0.15, -0.1) is 10.2 Å². The number of anilines is 1. The highest BCUT2D eigenvalue weighted by Gasteiger charge is 2.22. The summed E-state index contributed by atoms with van der Waals surface area (Å²) in [4.78, 5) is 28.0. The lowest BCUT2D eigenvalue weighted by Crippen LogP contribution is -2.47. The minimum absolute atomic E-state index is 0.000283. The number of amides is 2. The molecule has 0 bridgehead atoms. The van der Waals surface area contributed by atoms with Crippen LogP contribution in [0.3, 0.4) is 0 Å². The van der Waals surface area contributed by atoms with Gasteiger partial charge in [-0.25, -0.2) is 0 Å². The topological polar surface area (TPSA) is 105 Å². The number of hydrogen-bond donors (Lipinski definition) is 2. The summed E-state index contributed by atoms with van der Waals surface area (Å²) in [7, 11) is 0. The van der Waals surface area contributed by atoms with Gasteiger partial charge in [0.15, 0.2) is 0 Å². The molecular weight excluding hydrogens is 430 g/mol. The Bertz CT molecular complexity index is 1050. The van der Waals surface area contributed by atoms with Crippen molar-refractivity contribution in [3.8, 4) is 11.4 Å². The number of para-hydroxylation sites is 1. The van der Waals surface area contributed by atoms with Crippen LogP contribution in [0.25, 0.3) is 11.4 Å². The van der Waals surface area contributed by atoms with Gasteiger partial charge >= 0.3 is 0 Å². The number of nitrogens with one attached hydrogen (secondary N) is 2. The fraction of sp³-hybridized carbons (Fsp3) is 0.318. The zero-order chi connectivity index (χ0) is 22.3. The Hall–Kier alpha value is -3.30. The summed E-state index contributed by atoms with van der Waals surface area (Å²) >= 11 is 5.89. The zero-order valence-electron chi connectivity index (χ0n) is 17.4. The van der Waals surface area contributed by atoms with E-state index in [9.17, 15) is 9.59 Å². The summed E-state index contributed by atoms with van der Waals surface area (Å²) in [6.45, 7) is 1.83. The molecule has 0 unspecified atom stereocenters. The molecule has 2 amide bonds. The number of nitrogens with zero attached hydrogens (tertiary/aromatic N) is 5. The average Bonchev–Trinajstić information content (AvgIpc) is 3.24. The Morgan fingerprint density at radius 3 is 2.41 bits per heavy atom. The number of aromatic nitrogens is 4. The van der Waals surface area contributed by atoms with Gasteiger partial charge in [-0.1, -0.05) is 29.8 Å². The molecule has 1 fully saturated rings. The van der Waals surface area contributed by atoms with Crippen molar-refractivity contribution in [2.24, 2.45) is 0 Å². The van der Waals surface area contributed by atoms with Crippen LogP contribution in [0, 0.1) is 0 Å². The highest BCUT2D eigenvalue weighted by Crippen LogP contribution is 2.17. The Kier molecular flexibility index (Phi) is 7.08. The van der Waals surface area contributed by atoms with Crippen LogP contribution in [0.5, 0.6) is 0 Å². The number of hydrogen-bond acceptors (Lipinski definition) is 6. The van der Waals surface area contributed by atoms with Crippen molar-refractivity contribution in [3.63, 3.8) is 0 Å². The highest BCUT2D eigenvalue weighted by atomic mass is 35.5. The van der Waals surface area contributed by atoms with Gasteiger partial charge in [0.1, 0.15) is 6.54 Å². The van der Waals surface area contributed by atoms with Crippen LogP contribution in [-0.4, -0.2) is 62.6 Å². The van der Waals surface area contributed by atoms with E-state index >= 15 is 0 Å². The molecule has 3 aromatic rings. The van der Waals surface area contributed by atoms with Gasteiger partial charge in [-0.05, 0) is 54.5 Å². The Labute approximate surface area is 190 Å². The number of piperidine rings is 1. The summed E-state index contributed by atoms with van der Waals surface area (Å²) < 4.78 is 0. The van der Waals surface area contributed by atoms with E-state index in [1.807, 2.05) is 30.3 Å². The van der Waals surface area contributed by atoms with Crippen LogP contribution in [0.15, 0.2) is 54.6 Å². The van der Waals surface area contributed by atoms with E-state index < -0.39 is 0 Å². The first kappa shape index (κ1) is 21.9. The van der Waals surface area contributed by atoms with E-state index in [1.165, 1.54) is 4.80 Å². The molecule has 2 aromatic carbocycles. The predicted molar refractivity (Wildman–Crippen MR) is 121 cm³/mol. The second kappa shape index (κ2) is 10.3. The maximum Gasteiger partial charge on any atom is 0.243 e. The molecular formula is C22H24ClN7O2. The first-order valence-electron chi connectivity index (χ1n) is 10.5. The van der Waals surface area contributed by atoms with E-state index in [0.29, 0.717) is 17.4 Å². The second-order valence-electron chi connectivity index (χ2n) is 7.68. The smallest absolute Gasteiger partial charge is 0.243 e. The molecule has 1 aliphatic heterocycles. The molecule has 9 nitrogen and oxygen atoms in total. The van der Waals surface area contributed by atoms with Crippen LogP contribution in [0.4, 0.5) is 5.69 Å². The molecule has 0 radical (unpaired) electrons. The lowest BCUT2D eigenvalue weighted by atomic mass is 10.1. The molecule has 2 heterocycles. The van der Waals surface area contributed by atoms with Crippen molar-refractivity contribution < 1.29 is 9.59 Å². The summed E-state index contributed by atoms with van der Waals surface area (Å²) in [5, 5.41) is 18.8. The molecule has 166 valence electrons. The van der Waals surface area contributed by atoms with Gasteiger partial charge in [0.25, 0.3) is 0 Å². The average molecular weight is 454 g/mol. The lowest BCUT2D eigenvalue weighted by Gasteiger charge is -2.31. The van der Waals surface area contributed by atoms with Crippen LogP contribution < -0.4 is 10.6 Å². The first-order valence-corrected chi connectivity index (χ1v) is 10.8. The highest BCUT2D eigenvalue weighted by molar-refractivity contribution is 6.30. The van der Waals surface area contributed by atoms with Crippen LogP contribution in [0.1, 0.15) is 12.8 Å². The van der Waals surface area contributed by atoms with Crippen molar-refractivity contribution in [1.82, 2.24) is 30.4 Å². The Morgan fingerprint density at radius 2 is 1.69 bits per heavy atom. The lowest BCUT2D eigenvalue weighted by molar-refractivity contribution is -0.123. The minimum atomic E-state index is -0.162. The third-order valence-electron chi connectivity index (χ3n) is 5.22. The number of carbonyl (C=O) groups excluding carboxylic acids is 2. The SMILES string of the molecule is O=C(CN1CCC(NC(=O)Cn2nnc(-c3ccc(Cl)cc3)n2)CC1)Nc1ccccc1. The van der Waals surface area contributed by atoms with E-state index in [0.717, 1.165) is 37.2 Å².